The van der Waals surface area contributed by atoms with Crippen molar-refractivity contribution in [3.05, 3.63) is 46.3 Å². The largest absolute Gasteiger partial charge is 0.490 e. The van der Waals surface area contributed by atoms with E-state index >= 15 is 4.39 Å². The summed E-state index contributed by atoms with van der Waals surface area (Å²) >= 11 is 3.12. The molecule has 1 heterocycles. The zero-order valence-electron chi connectivity index (χ0n) is 24.1. The van der Waals surface area contributed by atoms with E-state index in [-0.39, 0.29) is 54.1 Å². The summed E-state index contributed by atoms with van der Waals surface area (Å²) in [6, 6.07) is 5.02. The monoisotopic (exact) mass is 621 g/mol. The Labute approximate surface area is 243 Å². The number of hydrogen-bond donors (Lipinski definition) is 1. The Hall–Kier alpha value is -3.34. The predicted molar refractivity (Wildman–Crippen MR) is 155 cm³/mol. The predicted octanol–water partition coefficient (Wildman–Crippen LogP) is 6.18. The normalized spacial score (nSPS) is 13.7. The summed E-state index contributed by atoms with van der Waals surface area (Å²) < 4.78 is 42.4. The maximum atomic E-state index is 15.7. The van der Waals surface area contributed by atoms with Gasteiger partial charge in [-0.2, -0.15) is 4.02 Å². The first-order chi connectivity index (χ1) is 19.0. The van der Waals surface area contributed by atoms with Crippen molar-refractivity contribution in [1.82, 2.24) is 10.2 Å². The molecule has 1 aliphatic heterocycles. The van der Waals surface area contributed by atoms with E-state index in [0.717, 1.165) is 0 Å². The van der Waals surface area contributed by atoms with E-state index in [1.54, 1.807) is 36.9 Å². The number of ether oxygens (including phenoxy) is 4. The van der Waals surface area contributed by atoms with Gasteiger partial charge in [0.05, 0.1) is 48.1 Å². The molecule has 0 spiro atoms. The summed E-state index contributed by atoms with van der Waals surface area (Å²) in [6.45, 7) is 14.5. The van der Waals surface area contributed by atoms with Crippen molar-refractivity contribution in [3.8, 4) is 23.0 Å². The molecule has 1 aliphatic rings. The maximum Gasteiger partial charge on any atom is 0.412 e. The highest BCUT2D eigenvalue weighted by molar-refractivity contribution is 9.08. The van der Waals surface area contributed by atoms with E-state index in [2.05, 4.69) is 25.5 Å². The van der Waals surface area contributed by atoms with Gasteiger partial charge in [0.2, 0.25) is 0 Å². The number of nitrogens with zero attached hydrogens (tertiary/aromatic N) is 2. The molecular weight excluding hydrogens is 585 g/mol. The first-order valence-electron chi connectivity index (χ1n) is 13.4. The topological polar surface area (TPSA) is 98.7 Å². The summed E-state index contributed by atoms with van der Waals surface area (Å²) in [5.41, 5.74) is 1.41. The highest BCUT2D eigenvalue weighted by Crippen LogP contribution is 2.42. The Morgan fingerprint density at radius 3 is 2.17 bits per heavy atom. The van der Waals surface area contributed by atoms with Crippen LogP contribution in [0.3, 0.4) is 0 Å². The molecule has 0 saturated heterocycles. The Kier molecular flexibility index (Phi) is 10.4. The van der Waals surface area contributed by atoms with E-state index in [0.29, 0.717) is 42.2 Å². The van der Waals surface area contributed by atoms with Crippen molar-refractivity contribution in [2.24, 2.45) is 4.02 Å². The summed E-state index contributed by atoms with van der Waals surface area (Å²) in [4.78, 5) is 27.7. The van der Waals surface area contributed by atoms with Crippen LogP contribution in [-0.2, 0) is 12.0 Å². The number of nitrogens with one attached hydrogen (secondary N) is 1. The SMILES string of the molecule is CCNC(=O)Oc1c(OCC)cc(C(=O)CN2Cc3cc(OCC)c(OCC)c(F)c3/C2=N/Br)cc1C(C)(C)C. The lowest BCUT2D eigenvalue weighted by Crippen LogP contribution is -2.31. The third kappa shape index (κ3) is 6.68. The molecule has 1 N–H and O–H groups in total. The smallest absolute Gasteiger partial charge is 0.412 e. The van der Waals surface area contributed by atoms with E-state index in [1.165, 1.54) is 0 Å². The molecule has 40 heavy (non-hydrogen) atoms. The Bertz CT molecular complexity index is 1290. The minimum absolute atomic E-state index is 0.0174. The van der Waals surface area contributed by atoms with Crippen LogP contribution in [0.1, 0.15) is 75.5 Å². The summed E-state index contributed by atoms with van der Waals surface area (Å²) in [5.74, 6) is 0.330. The first-order valence-corrected chi connectivity index (χ1v) is 14.1. The second-order valence-electron chi connectivity index (χ2n) is 10.1. The Morgan fingerprint density at radius 2 is 1.62 bits per heavy atom. The Morgan fingerprint density at radius 1 is 1.00 bits per heavy atom. The van der Waals surface area contributed by atoms with E-state index in [4.69, 9.17) is 18.9 Å². The molecule has 0 aliphatic carbocycles. The number of benzene rings is 2. The molecule has 0 bridgehead atoms. The van der Waals surface area contributed by atoms with Gasteiger partial charge in [-0.3, -0.25) is 4.79 Å². The van der Waals surface area contributed by atoms with Crippen LogP contribution in [0, 0.1) is 5.82 Å². The lowest BCUT2D eigenvalue weighted by atomic mass is 9.84. The van der Waals surface area contributed by atoms with E-state index < -0.39 is 17.3 Å². The molecule has 2 aromatic carbocycles. The first kappa shape index (κ1) is 31.2. The number of carbonyl (C=O) groups is 2. The number of hydrogen-bond acceptors (Lipinski definition) is 7. The summed E-state index contributed by atoms with van der Waals surface area (Å²) in [6.07, 6.45) is -0.610. The molecule has 218 valence electrons. The van der Waals surface area contributed by atoms with Crippen LogP contribution in [0.5, 0.6) is 23.0 Å². The molecule has 2 aromatic rings. The maximum absolute atomic E-state index is 15.7. The van der Waals surface area contributed by atoms with Gasteiger partial charge in [-0.05, 0) is 56.9 Å². The van der Waals surface area contributed by atoms with Crippen molar-refractivity contribution in [2.75, 3.05) is 32.9 Å². The highest BCUT2D eigenvalue weighted by atomic mass is 79.9. The van der Waals surface area contributed by atoms with Crippen molar-refractivity contribution in [2.45, 2.75) is 60.4 Å². The Balaban J connectivity index is 2.01. The van der Waals surface area contributed by atoms with Crippen LogP contribution in [-0.4, -0.2) is 55.5 Å². The average molecular weight is 623 g/mol. The van der Waals surface area contributed by atoms with Gasteiger partial charge in [-0.25, -0.2) is 9.18 Å². The standard InChI is InChI=1S/C29H37BrFN3O6/c1-8-32-28(36)40-25-19(29(5,6)7)12-17(13-21(25)37-9-2)20(35)16-34-15-18-14-22(38-10-3)26(39-11-4)24(31)23(18)27(34)33-30/h12-14H,8-11,15-16H2,1-7H3,(H,32,36)/b33-27-. The van der Waals surface area contributed by atoms with Crippen LogP contribution in [0.15, 0.2) is 22.2 Å². The van der Waals surface area contributed by atoms with Crippen molar-refractivity contribution in [1.29, 1.82) is 0 Å². The molecule has 0 atom stereocenters. The molecular formula is C29H37BrFN3O6. The molecule has 0 fully saturated rings. The number of amidine groups is 1. The fraction of sp³-hybridized carbons (Fsp3) is 0.483. The van der Waals surface area contributed by atoms with Crippen LogP contribution in [0.4, 0.5) is 9.18 Å². The molecule has 11 heteroatoms. The molecule has 0 saturated carbocycles. The fourth-order valence-corrected chi connectivity index (χ4v) is 4.86. The third-order valence-electron chi connectivity index (χ3n) is 6.16. The van der Waals surface area contributed by atoms with Gasteiger partial charge < -0.3 is 29.2 Å². The summed E-state index contributed by atoms with van der Waals surface area (Å²) in [5, 5.41) is 2.62. The van der Waals surface area contributed by atoms with Gasteiger partial charge in [0.15, 0.2) is 34.6 Å². The minimum Gasteiger partial charge on any atom is -0.490 e. The summed E-state index contributed by atoms with van der Waals surface area (Å²) in [7, 11) is 0. The number of amides is 1. The van der Waals surface area contributed by atoms with Crippen LogP contribution in [0.25, 0.3) is 0 Å². The molecule has 0 radical (unpaired) electrons. The zero-order chi connectivity index (χ0) is 29.6. The number of rotatable bonds is 11. The fourth-order valence-electron chi connectivity index (χ4n) is 4.46. The number of ketones is 1. The zero-order valence-corrected chi connectivity index (χ0v) is 25.7. The van der Waals surface area contributed by atoms with Gasteiger partial charge in [-0.1, -0.05) is 20.8 Å². The second kappa shape index (κ2) is 13.3. The van der Waals surface area contributed by atoms with E-state index in [1.807, 2.05) is 34.6 Å². The highest BCUT2D eigenvalue weighted by Gasteiger charge is 2.35. The van der Waals surface area contributed by atoms with Gasteiger partial charge in [0.1, 0.15) is 5.84 Å². The van der Waals surface area contributed by atoms with Crippen LogP contribution >= 0.6 is 16.1 Å². The van der Waals surface area contributed by atoms with E-state index in [9.17, 15) is 9.59 Å². The number of halogens is 2. The molecule has 1 amide bonds. The molecule has 0 unspecified atom stereocenters. The molecule has 3 rings (SSSR count). The van der Waals surface area contributed by atoms with Crippen LogP contribution in [0.2, 0.25) is 0 Å². The molecule has 9 nitrogen and oxygen atoms in total. The quantitative estimate of drug-likeness (QED) is 0.299. The van der Waals surface area contributed by atoms with Crippen molar-refractivity contribution in [3.63, 3.8) is 0 Å². The molecule has 0 aromatic heterocycles. The van der Waals surface area contributed by atoms with Crippen molar-refractivity contribution >= 4 is 33.9 Å². The third-order valence-corrected chi connectivity index (χ3v) is 6.49. The number of Topliss-reactive ketones (excluding diaryl/α,β-unsaturated/α-hetero) is 1. The van der Waals surface area contributed by atoms with Gasteiger partial charge in [0, 0.05) is 24.2 Å². The lowest BCUT2D eigenvalue weighted by molar-refractivity contribution is 0.0962. The second-order valence-corrected chi connectivity index (χ2v) is 10.4. The number of fused-ring (bicyclic) bond motifs is 1. The van der Waals surface area contributed by atoms with Gasteiger partial charge >= 0.3 is 6.09 Å². The average Bonchev–Trinajstić information content (AvgIpc) is 3.23. The van der Waals surface area contributed by atoms with Crippen LogP contribution < -0.4 is 24.3 Å². The lowest BCUT2D eigenvalue weighted by Gasteiger charge is -2.25. The van der Waals surface area contributed by atoms with Gasteiger partial charge in [-0.15, -0.1) is 0 Å². The number of carbonyl (C=O) groups excluding carboxylic acids is 2. The van der Waals surface area contributed by atoms with Crippen molar-refractivity contribution < 1.29 is 32.9 Å². The van der Waals surface area contributed by atoms with Gasteiger partial charge in [0.25, 0.3) is 0 Å². The minimum atomic E-state index is -0.610.